The van der Waals surface area contributed by atoms with E-state index in [4.69, 9.17) is 25.6 Å². The maximum Gasteiger partial charge on any atom is 0.422 e. The lowest BCUT2D eigenvalue weighted by Crippen LogP contribution is -2.44. The van der Waals surface area contributed by atoms with Crippen molar-refractivity contribution in [2.24, 2.45) is 0 Å². The van der Waals surface area contributed by atoms with Crippen molar-refractivity contribution in [2.45, 2.75) is 50.4 Å². The monoisotopic (exact) mass is 821 g/mol. The molecule has 1 atom stereocenters. The number of aryl methyl sites for hydroxylation is 1. The number of anilines is 3. The number of rotatable bonds is 17. The molecule has 58 heavy (non-hydrogen) atoms. The van der Waals surface area contributed by atoms with Crippen LogP contribution in [0.3, 0.4) is 0 Å². The Hall–Kier alpha value is -6.63. The molecular weight excluding hydrogens is 787 g/mol. The first-order chi connectivity index (χ1) is 27.7. The van der Waals surface area contributed by atoms with Crippen LogP contribution in [0.4, 0.5) is 30.8 Å². The molecule has 0 saturated heterocycles. The van der Waals surface area contributed by atoms with E-state index in [1.165, 1.54) is 24.3 Å². The van der Waals surface area contributed by atoms with Gasteiger partial charge in [0.15, 0.2) is 6.61 Å². The summed E-state index contributed by atoms with van der Waals surface area (Å²) in [6, 6.07) is 17.9. The average Bonchev–Trinajstić information content (AvgIpc) is 3.85. The van der Waals surface area contributed by atoms with Crippen LogP contribution < -0.4 is 26.0 Å². The summed E-state index contributed by atoms with van der Waals surface area (Å²) in [7, 11) is 1.14. The molecule has 2 heterocycles. The molecule has 3 aromatic carbocycles. The van der Waals surface area contributed by atoms with E-state index in [0.717, 1.165) is 12.7 Å². The van der Waals surface area contributed by atoms with Gasteiger partial charge in [0.05, 0.1) is 12.6 Å². The third kappa shape index (κ3) is 11.0. The maximum absolute atomic E-state index is 13.1. The summed E-state index contributed by atoms with van der Waals surface area (Å²) in [6.07, 6.45) is -3.50. The van der Waals surface area contributed by atoms with Crippen molar-refractivity contribution in [1.29, 1.82) is 0 Å². The van der Waals surface area contributed by atoms with Crippen LogP contribution >= 0.6 is 11.6 Å². The number of esters is 1. The Bertz CT molecular complexity index is 2270. The predicted octanol–water partition coefficient (Wildman–Crippen LogP) is 5.26. The number of carbonyl (C=O) groups excluding carboxylic acids is 4. The number of nitrogens with zero attached hydrogens (tertiary/aromatic N) is 5. The first-order valence-electron chi connectivity index (χ1n) is 17.6. The number of alkyl halides is 3. The Morgan fingerprint density at radius 3 is 2.22 bits per heavy atom. The normalized spacial score (nSPS) is 13.5. The number of halogens is 4. The highest BCUT2D eigenvalue weighted by atomic mass is 35.5. The second-order valence-electron chi connectivity index (χ2n) is 13.1. The van der Waals surface area contributed by atoms with Gasteiger partial charge in [-0.25, -0.2) is 4.79 Å². The molecular formula is C38H35ClF3N9O7. The Labute approximate surface area is 333 Å². The molecule has 302 valence electrons. The average molecular weight is 822 g/mol. The minimum Gasteiger partial charge on any atom is -0.467 e. The number of ether oxygens (including phenoxy) is 2. The fourth-order valence-electron chi connectivity index (χ4n) is 5.62. The summed E-state index contributed by atoms with van der Waals surface area (Å²) in [4.78, 5) is 67.3. The molecule has 16 nitrogen and oxygen atoms in total. The van der Waals surface area contributed by atoms with E-state index in [0.29, 0.717) is 46.4 Å². The molecule has 0 unspecified atom stereocenters. The molecule has 1 fully saturated rings. The number of benzene rings is 3. The van der Waals surface area contributed by atoms with E-state index in [-0.39, 0.29) is 36.8 Å². The van der Waals surface area contributed by atoms with Crippen molar-refractivity contribution in [2.75, 3.05) is 30.9 Å². The summed E-state index contributed by atoms with van der Waals surface area (Å²) < 4.78 is 53.6. The predicted molar refractivity (Wildman–Crippen MR) is 201 cm³/mol. The number of amides is 2. The summed E-state index contributed by atoms with van der Waals surface area (Å²) in [5.74, 6) is -2.40. The van der Waals surface area contributed by atoms with Gasteiger partial charge in [0.1, 0.15) is 6.04 Å². The molecule has 2 amide bonds. The van der Waals surface area contributed by atoms with Crippen molar-refractivity contribution in [3.05, 3.63) is 100 Å². The highest BCUT2D eigenvalue weighted by Crippen LogP contribution is 2.48. The molecule has 1 saturated carbocycles. The number of aromatic nitrogens is 5. The van der Waals surface area contributed by atoms with Crippen LogP contribution in [0, 0.1) is 6.92 Å². The van der Waals surface area contributed by atoms with E-state index in [1.54, 1.807) is 43.3 Å². The summed E-state index contributed by atoms with van der Waals surface area (Å²) in [6.45, 7) is -0.101. The molecule has 6 rings (SSSR count). The van der Waals surface area contributed by atoms with Crippen molar-refractivity contribution in [1.82, 2.24) is 35.7 Å². The molecule has 0 bridgehead atoms. The molecule has 0 aliphatic heterocycles. The molecule has 5 aromatic rings. The van der Waals surface area contributed by atoms with Crippen molar-refractivity contribution in [3.63, 3.8) is 0 Å². The van der Waals surface area contributed by atoms with Crippen LogP contribution in [0.5, 0.6) is 6.01 Å². The number of methoxy groups -OCH3 is 1. The first-order valence-corrected chi connectivity index (χ1v) is 18.0. The highest BCUT2D eigenvalue weighted by molar-refractivity contribution is 6.36. The van der Waals surface area contributed by atoms with Crippen LogP contribution in [0.1, 0.15) is 46.6 Å². The van der Waals surface area contributed by atoms with E-state index in [9.17, 15) is 32.3 Å². The SMILES string of the molecule is COC(=O)[C@@H](CCNC(=O)C(=O)Cc1ccc(-c2noc(C)n2)cc1)NC(=O)c1ccc(Nc2nc(NC3(c4ccc(Cl)cc4)CC3)nc(OCC(F)(F)F)n2)cc1. The zero-order chi connectivity index (χ0) is 41.5. The van der Waals surface area contributed by atoms with Gasteiger partial charge in [-0.15, -0.1) is 0 Å². The van der Waals surface area contributed by atoms with E-state index in [2.05, 4.69) is 46.4 Å². The number of nitrogens with one attached hydrogen (secondary N) is 4. The summed E-state index contributed by atoms with van der Waals surface area (Å²) in [5.41, 5.74) is 2.07. The number of ketones is 1. The molecule has 2 aromatic heterocycles. The Morgan fingerprint density at radius 1 is 0.914 bits per heavy atom. The van der Waals surface area contributed by atoms with Gasteiger partial charge in [-0.3, -0.25) is 14.4 Å². The molecule has 1 aliphatic carbocycles. The van der Waals surface area contributed by atoms with Gasteiger partial charge in [0.2, 0.25) is 29.4 Å². The molecule has 1 aliphatic rings. The molecule has 0 spiro atoms. The van der Waals surface area contributed by atoms with Crippen LogP contribution in [0.2, 0.25) is 5.02 Å². The Morgan fingerprint density at radius 2 is 1.60 bits per heavy atom. The van der Waals surface area contributed by atoms with Crippen LogP contribution in [0.25, 0.3) is 11.4 Å². The second-order valence-corrected chi connectivity index (χ2v) is 13.5. The van der Waals surface area contributed by atoms with E-state index in [1.807, 2.05) is 12.1 Å². The van der Waals surface area contributed by atoms with E-state index >= 15 is 0 Å². The standard InChI is InChI=1S/C38H35ClF3N9O7/c1-21-44-30(51-58-21)23-5-3-22(4-6-23)19-29(52)32(54)43-18-15-28(33(55)56-2)46-31(53)24-7-13-27(14-8-24)45-34-47-35(49-36(48-34)57-20-38(40,41)42)50-37(16-17-37)25-9-11-26(39)12-10-25/h3-14,28H,15-20H2,1-2H3,(H,43,54)(H,46,53)(H2,45,47,48,49,50)/t28-/m1/s1. The third-order valence-corrected chi connectivity index (χ3v) is 9.00. The first kappa shape index (κ1) is 41.0. The van der Waals surface area contributed by atoms with Crippen molar-refractivity contribution < 1.29 is 46.3 Å². The minimum atomic E-state index is -4.64. The summed E-state index contributed by atoms with van der Waals surface area (Å²) >= 11 is 6.03. The quantitative estimate of drug-likeness (QED) is 0.0697. The lowest BCUT2D eigenvalue weighted by molar-refractivity contribution is -0.154. The highest BCUT2D eigenvalue weighted by Gasteiger charge is 2.45. The minimum absolute atomic E-state index is 0.0323. The zero-order valence-corrected chi connectivity index (χ0v) is 31.6. The van der Waals surface area contributed by atoms with Gasteiger partial charge in [-0.05, 0) is 66.8 Å². The lowest BCUT2D eigenvalue weighted by atomic mass is 10.1. The molecule has 20 heteroatoms. The third-order valence-electron chi connectivity index (χ3n) is 8.75. The largest absolute Gasteiger partial charge is 0.467 e. The van der Waals surface area contributed by atoms with Gasteiger partial charge in [0.25, 0.3) is 11.8 Å². The fraction of sp³-hybridized carbons (Fsp3) is 0.289. The number of Topliss-reactive ketones (excluding diaryl/α,β-unsaturated/α-hetero) is 1. The maximum atomic E-state index is 13.1. The van der Waals surface area contributed by atoms with Crippen LogP contribution in [-0.2, 0) is 31.1 Å². The lowest BCUT2D eigenvalue weighted by Gasteiger charge is -2.19. The van der Waals surface area contributed by atoms with E-state index < -0.39 is 53.9 Å². The van der Waals surface area contributed by atoms with Gasteiger partial charge in [-0.2, -0.15) is 33.1 Å². The van der Waals surface area contributed by atoms with Gasteiger partial charge in [-0.1, -0.05) is 53.2 Å². The van der Waals surface area contributed by atoms with Crippen LogP contribution in [-0.4, -0.2) is 81.1 Å². The Kier molecular flexibility index (Phi) is 12.5. The number of hydrogen-bond acceptors (Lipinski definition) is 14. The van der Waals surface area contributed by atoms with Gasteiger partial charge >= 0.3 is 18.2 Å². The topological polar surface area (TPSA) is 212 Å². The van der Waals surface area contributed by atoms with Gasteiger partial charge < -0.3 is 35.3 Å². The number of hydrogen-bond donors (Lipinski definition) is 4. The summed E-state index contributed by atoms with van der Waals surface area (Å²) in [5, 5.41) is 15.5. The smallest absolute Gasteiger partial charge is 0.422 e. The molecule has 0 radical (unpaired) electrons. The van der Waals surface area contributed by atoms with Crippen molar-refractivity contribution >= 4 is 52.8 Å². The Balaban J connectivity index is 1.04. The van der Waals surface area contributed by atoms with Crippen LogP contribution in [0.15, 0.2) is 77.3 Å². The second kappa shape index (κ2) is 17.7. The number of carbonyl (C=O) groups is 4. The van der Waals surface area contributed by atoms with Gasteiger partial charge in [0, 0.05) is 41.7 Å². The molecule has 4 N–H and O–H groups in total. The van der Waals surface area contributed by atoms with Crippen molar-refractivity contribution in [3.8, 4) is 17.4 Å². The fourth-order valence-corrected chi connectivity index (χ4v) is 5.75. The zero-order valence-electron chi connectivity index (χ0n) is 30.9.